The zero-order chi connectivity index (χ0) is 19.5. The van der Waals surface area contributed by atoms with Gasteiger partial charge in [0.05, 0.1) is 22.5 Å². The van der Waals surface area contributed by atoms with Crippen LogP contribution < -0.4 is 4.74 Å². The van der Waals surface area contributed by atoms with Gasteiger partial charge in [0, 0.05) is 13.0 Å². The van der Waals surface area contributed by atoms with Crippen molar-refractivity contribution < 1.29 is 17.9 Å². The molecular weight excluding hydrogens is 367 g/mol. The highest BCUT2D eigenvalue weighted by Crippen LogP contribution is 2.38. The topological polar surface area (TPSA) is 48.6 Å². The van der Waals surface area contributed by atoms with Gasteiger partial charge >= 0.3 is 6.18 Å². The van der Waals surface area contributed by atoms with Crippen LogP contribution in [-0.4, -0.2) is 23.8 Å². The number of allylic oxidation sites excluding steroid dienone is 1. The lowest BCUT2D eigenvalue weighted by Gasteiger charge is -2.30. The largest absolute Gasteiger partial charge is 0.458 e. The van der Waals surface area contributed by atoms with E-state index in [9.17, 15) is 13.2 Å². The maximum Gasteiger partial charge on any atom is 0.417 e. The van der Waals surface area contributed by atoms with Crippen molar-refractivity contribution in [2.24, 2.45) is 10.9 Å². The van der Waals surface area contributed by atoms with E-state index >= 15 is 0 Å². The summed E-state index contributed by atoms with van der Waals surface area (Å²) >= 11 is 5.61. The summed E-state index contributed by atoms with van der Waals surface area (Å²) in [6.45, 7) is 3.78. The fraction of sp³-hybridized carbons (Fsp3) is 0.333. The summed E-state index contributed by atoms with van der Waals surface area (Å²) in [5.41, 5.74) is -1.53. The molecule has 2 rings (SSSR count). The van der Waals surface area contributed by atoms with Crippen LogP contribution in [0.1, 0.15) is 19.4 Å². The summed E-state index contributed by atoms with van der Waals surface area (Å²) < 4.78 is 44.4. The van der Waals surface area contributed by atoms with Crippen LogP contribution in [0.15, 0.2) is 47.2 Å². The Hall–Kier alpha value is -2.46. The molecule has 1 aliphatic rings. The predicted octanol–water partition coefficient (Wildman–Crippen LogP) is 5.03. The van der Waals surface area contributed by atoms with Gasteiger partial charge in [0.15, 0.2) is 6.19 Å². The molecule has 0 spiro atoms. The van der Waals surface area contributed by atoms with Crippen molar-refractivity contribution in [2.75, 3.05) is 7.05 Å². The molecule has 26 heavy (non-hydrogen) atoms. The second-order valence-electron chi connectivity index (χ2n) is 6.11. The van der Waals surface area contributed by atoms with Crippen LogP contribution in [0.2, 0.25) is 5.02 Å². The number of rotatable bonds is 4. The highest BCUT2D eigenvalue weighted by Gasteiger charge is 2.34. The third kappa shape index (κ3) is 4.58. The van der Waals surface area contributed by atoms with Gasteiger partial charge in [-0.05, 0) is 37.3 Å². The first kappa shape index (κ1) is 19.9. The Kier molecular flexibility index (Phi) is 5.67. The van der Waals surface area contributed by atoms with Crippen molar-refractivity contribution in [1.29, 1.82) is 5.26 Å². The first-order chi connectivity index (χ1) is 12.0. The fourth-order valence-corrected chi connectivity index (χ4v) is 2.48. The van der Waals surface area contributed by atoms with Gasteiger partial charge in [-0.2, -0.15) is 18.4 Å². The lowest BCUT2D eigenvalue weighted by Crippen LogP contribution is -2.31. The lowest BCUT2D eigenvalue weighted by atomic mass is 9.83. The number of hydrogen-bond donors (Lipinski definition) is 0. The number of hydrogen-bond acceptors (Lipinski definition) is 3. The molecule has 138 valence electrons. The van der Waals surface area contributed by atoms with Crippen molar-refractivity contribution in [3.63, 3.8) is 0 Å². The number of benzene rings is 1. The van der Waals surface area contributed by atoms with Crippen molar-refractivity contribution in [3.05, 3.63) is 52.8 Å². The van der Waals surface area contributed by atoms with Crippen molar-refractivity contribution in [1.82, 2.24) is 4.90 Å². The van der Waals surface area contributed by atoms with E-state index < -0.39 is 17.3 Å². The van der Waals surface area contributed by atoms with E-state index in [1.54, 1.807) is 25.3 Å². The monoisotopic (exact) mass is 383 g/mol. The van der Waals surface area contributed by atoms with Gasteiger partial charge in [-0.1, -0.05) is 24.6 Å². The zero-order valence-corrected chi connectivity index (χ0v) is 15.1. The molecule has 0 fully saturated rings. The maximum absolute atomic E-state index is 12.9. The first-order valence-electron chi connectivity index (χ1n) is 7.69. The molecule has 0 amide bonds. The van der Waals surface area contributed by atoms with E-state index in [1.165, 1.54) is 17.3 Å². The summed E-state index contributed by atoms with van der Waals surface area (Å²) in [6.07, 6.45) is 3.99. The molecule has 0 aliphatic heterocycles. The summed E-state index contributed by atoms with van der Waals surface area (Å²) in [4.78, 5) is 5.66. The average Bonchev–Trinajstić information content (AvgIpc) is 2.57. The SMILES string of the molecule is CC1C=C(Oc2ccc(Cl)c(C(F)(F)F)c2)C=CC1(C)N=CN(C)C#N. The minimum absolute atomic E-state index is 0.0427. The van der Waals surface area contributed by atoms with Gasteiger partial charge in [0.2, 0.25) is 0 Å². The van der Waals surface area contributed by atoms with Crippen LogP contribution in [0.5, 0.6) is 5.75 Å². The Balaban J connectivity index is 2.19. The van der Waals surface area contributed by atoms with E-state index in [1.807, 2.05) is 20.0 Å². The summed E-state index contributed by atoms with van der Waals surface area (Å²) in [5, 5.41) is 8.38. The van der Waals surface area contributed by atoms with Crippen LogP contribution in [-0.2, 0) is 6.18 Å². The molecule has 0 saturated heterocycles. The van der Waals surface area contributed by atoms with Crippen LogP contribution in [0.4, 0.5) is 13.2 Å². The molecule has 0 N–H and O–H groups in total. The van der Waals surface area contributed by atoms with E-state index in [4.69, 9.17) is 21.6 Å². The fourth-order valence-electron chi connectivity index (χ4n) is 2.26. The van der Waals surface area contributed by atoms with Gasteiger partial charge < -0.3 is 4.74 Å². The molecule has 2 unspecified atom stereocenters. The molecule has 1 aromatic carbocycles. The van der Waals surface area contributed by atoms with Gasteiger partial charge in [0.25, 0.3) is 0 Å². The Labute approximate surface area is 154 Å². The highest BCUT2D eigenvalue weighted by molar-refractivity contribution is 6.31. The minimum Gasteiger partial charge on any atom is -0.458 e. The van der Waals surface area contributed by atoms with Gasteiger partial charge in [-0.15, -0.1) is 0 Å². The summed E-state index contributed by atoms with van der Waals surface area (Å²) in [5.74, 6) is 0.357. The third-order valence-electron chi connectivity index (χ3n) is 4.07. The molecule has 1 aromatic rings. The quantitative estimate of drug-likeness (QED) is 0.317. The molecule has 4 nitrogen and oxygen atoms in total. The van der Waals surface area contributed by atoms with E-state index in [2.05, 4.69) is 4.99 Å². The zero-order valence-electron chi connectivity index (χ0n) is 14.4. The Morgan fingerprint density at radius 2 is 2.12 bits per heavy atom. The van der Waals surface area contributed by atoms with Crippen molar-refractivity contribution in [3.8, 4) is 11.9 Å². The van der Waals surface area contributed by atoms with Crippen LogP contribution in [0.3, 0.4) is 0 Å². The minimum atomic E-state index is -4.55. The highest BCUT2D eigenvalue weighted by atomic mass is 35.5. The van der Waals surface area contributed by atoms with Crippen molar-refractivity contribution in [2.45, 2.75) is 25.6 Å². The molecular formula is C18H17ClF3N3O. The second kappa shape index (κ2) is 7.42. The smallest absolute Gasteiger partial charge is 0.417 e. The first-order valence-corrected chi connectivity index (χ1v) is 8.06. The number of nitrogens with zero attached hydrogens (tertiary/aromatic N) is 3. The van der Waals surface area contributed by atoms with Crippen LogP contribution >= 0.6 is 11.6 Å². The van der Waals surface area contributed by atoms with Crippen LogP contribution in [0.25, 0.3) is 0 Å². The number of halogens is 4. The molecule has 8 heteroatoms. The molecule has 1 aliphatic carbocycles. The van der Waals surface area contributed by atoms with Crippen molar-refractivity contribution >= 4 is 17.9 Å². The van der Waals surface area contributed by atoms with Gasteiger partial charge in [-0.25, -0.2) is 0 Å². The van der Waals surface area contributed by atoms with E-state index in [0.29, 0.717) is 5.76 Å². The van der Waals surface area contributed by atoms with E-state index in [0.717, 1.165) is 12.1 Å². The molecule has 0 aromatic heterocycles. The molecule has 0 radical (unpaired) electrons. The standard InChI is InChI=1S/C18H17ClF3N3O/c1-12-8-14(6-7-17(12,2)24-11-25(3)10-23)26-13-4-5-16(19)15(9-13)18(20,21)22/h4-9,11-12H,1-3H3. The number of nitriles is 1. The summed E-state index contributed by atoms with van der Waals surface area (Å²) in [6, 6.07) is 3.41. The molecule has 2 atom stereocenters. The maximum atomic E-state index is 12.9. The second-order valence-corrected chi connectivity index (χ2v) is 6.52. The Morgan fingerprint density at radius 3 is 2.69 bits per heavy atom. The normalized spacial score (nSPS) is 22.8. The number of ether oxygens (including phenoxy) is 1. The number of aliphatic imine (C=N–C) groups is 1. The van der Waals surface area contributed by atoms with E-state index in [-0.39, 0.29) is 16.7 Å². The molecule has 0 bridgehead atoms. The molecule has 0 heterocycles. The predicted molar refractivity (Wildman–Crippen MR) is 93.7 cm³/mol. The molecule has 0 saturated carbocycles. The van der Waals surface area contributed by atoms with Gasteiger partial charge in [-0.3, -0.25) is 9.89 Å². The third-order valence-corrected chi connectivity index (χ3v) is 4.40. The Bertz CT molecular complexity index is 811. The summed E-state index contributed by atoms with van der Waals surface area (Å²) in [7, 11) is 1.58. The Morgan fingerprint density at radius 1 is 1.42 bits per heavy atom. The number of alkyl halides is 3. The average molecular weight is 384 g/mol. The van der Waals surface area contributed by atoms with Crippen LogP contribution in [0, 0.1) is 17.4 Å². The lowest BCUT2D eigenvalue weighted by molar-refractivity contribution is -0.137. The van der Waals surface area contributed by atoms with Gasteiger partial charge in [0.1, 0.15) is 11.5 Å².